The van der Waals surface area contributed by atoms with E-state index in [0.717, 1.165) is 38.8 Å². The molecule has 1 N–H and O–H groups in total. The molecule has 0 aromatic carbocycles. The van der Waals surface area contributed by atoms with Gasteiger partial charge in [0.05, 0.1) is 0 Å². The monoisotopic (exact) mass is 239 g/mol. The number of aliphatic carboxylic acids is 1. The molecule has 1 saturated heterocycles. The molecule has 0 radical (unpaired) electrons. The first-order chi connectivity index (χ1) is 7.77. The predicted octanol–water partition coefficient (Wildman–Crippen LogP) is 2.58. The van der Waals surface area contributed by atoms with Crippen LogP contribution in [0.3, 0.4) is 0 Å². The van der Waals surface area contributed by atoms with Crippen molar-refractivity contribution in [2.45, 2.75) is 38.3 Å². The molecule has 1 unspecified atom stereocenters. The van der Waals surface area contributed by atoms with Crippen molar-refractivity contribution in [1.29, 1.82) is 0 Å². The van der Waals surface area contributed by atoms with E-state index in [-0.39, 0.29) is 6.04 Å². The lowest BCUT2D eigenvalue weighted by Crippen LogP contribution is -2.40. The molecular formula is C12H17NO2S. The lowest BCUT2D eigenvalue weighted by molar-refractivity contribution is -0.143. The summed E-state index contributed by atoms with van der Waals surface area (Å²) in [5, 5.41) is 13.4. The Morgan fingerprint density at radius 3 is 3.06 bits per heavy atom. The van der Waals surface area contributed by atoms with Crippen LogP contribution in [0.1, 0.15) is 31.2 Å². The number of nitrogens with zero attached hydrogens (tertiary/aromatic N) is 1. The Balaban J connectivity index is 2.05. The topological polar surface area (TPSA) is 40.5 Å². The van der Waals surface area contributed by atoms with Crippen molar-refractivity contribution >= 4 is 17.3 Å². The zero-order valence-electron chi connectivity index (χ0n) is 9.26. The molecule has 0 aliphatic carbocycles. The van der Waals surface area contributed by atoms with Crippen molar-refractivity contribution in [1.82, 2.24) is 4.90 Å². The maximum atomic E-state index is 11.2. The highest BCUT2D eigenvalue weighted by atomic mass is 32.1. The summed E-state index contributed by atoms with van der Waals surface area (Å²) in [6.07, 6.45) is 4.11. The highest BCUT2D eigenvalue weighted by Gasteiger charge is 2.26. The molecule has 0 saturated carbocycles. The van der Waals surface area contributed by atoms with E-state index in [4.69, 9.17) is 0 Å². The van der Waals surface area contributed by atoms with Gasteiger partial charge >= 0.3 is 5.97 Å². The maximum absolute atomic E-state index is 11.2. The van der Waals surface area contributed by atoms with Crippen LogP contribution >= 0.6 is 11.3 Å². The van der Waals surface area contributed by atoms with Crippen molar-refractivity contribution in [3.63, 3.8) is 0 Å². The maximum Gasteiger partial charge on any atom is 0.320 e. The van der Waals surface area contributed by atoms with Gasteiger partial charge in [-0.25, -0.2) is 0 Å². The van der Waals surface area contributed by atoms with E-state index in [2.05, 4.69) is 16.3 Å². The van der Waals surface area contributed by atoms with E-state index in [0.29, 0.717) is 0 Å². The largest absolute Gasteiger partial charge is 0.480 e. The molecule has 0 spiro atoms. The lowest BCUT2D eigenvalue weighted by atomic mass is 10.1. The summed E-state index contributed by atoms with van der Waals surface area (Å²) < 4.78 is 0. The van der Waals surface area contributed by atoms with Gasteiger partial charge in [0.2, 0.25) is 0 Å². The molecule has 2 rings (SSSR count). The Labute approximate surface area is 99.7 Å². The predicted molar refractivity (Wildman–Crippen MR) is 64.6 cm³/mol. The molecule has 1 aliphatic heterocycles. The van der Waals surface area contributed by atoms with Gasteiger partial charge in [0.25, 0.3) is 0 Å². The molecule has 88 valence electrons. The van der Waals surface area contributed by atoms with Gasteiger partial charge in [-0.15, -0.1) is 0 Å². The van der Waals surface area contributed by atoms with Crippen molar-refractivity contribution in [3.8, 4) is 0 Å². The molecule has 2 heterocycles. The molecule has 0 bridgehead atoms. The Morgan fingerprint density at radius 2 is 2.38 bits per heavy atom. The number of carboxylic acid groups (broad SMARTS) is 1. The van der Waals surface area contributed by atoms with Crippen LogP contribution in [0, 0.1) is 0 Å². The van der Waals surface area contributed by atoms with Crippen molar-refractivity contribution in [3.05, 3.63) is 22.4 Å². The first-order valence-electron chi connectivity index (χ1n) is 5.75. The van der Waals surface area contributed by atoms with Crippen molar-refractivity contribution in [2.24, 2.45) is 0 Å². The molecule has 0 amide bonds. The Morgan fingerprint density at radius 1 is 1.50 bits per heavy atom. The molecule has 1 fully saturated rings. The second kappa shape index (κ2) is 5.46. The number of likely N-dealkylation sites (tertiary alicyclic amines) is 1. The Kier molecular flexibility index (Phi) is 3.96. The molecule has 16 heavy (non-hydrogen) atoms. The number of thiophene rings is 1. The van der Waals surface area contributed by atoms with Crippen LogP contribution in [0.15, 0.2) is 16.8 Å². The SMILES string of the molecule is O=C(O)C1CCCCCN1Cc1ccsc1. The highest BCUT2D eigenvalue weighted by Crippen LogP contribution is 2.20. The van der Waals surface area contributed by atoms with E-state index in [1.807, 2.05) is 5.38 Å². The van der Waals surface area contributed by atoms with E-state index >= 15 is 0 Å². The van der Waals surface area contributed by atoms with Crippen LogP contribution in [-0.4, -0.2) is 28.6 Å². The lowest BCUT2D eigenvalue weighted by Gasteiger charge is -2.26. The fraction of sp³-hybridized carbons (Fsp3) is 0.583. The number of carbonyl (C=O) groups is 1. The molecule has 1 aliphatic rings. The molecule has 1 aromatic rings. The summed E-state index contributed by atoms with van der Waals surface area (Å²) >= 11 is 1.67. The third-order valence-electron chi connectivity index (χ3n) is 3.11. The normalized spacial score (nSPS) is 22.9. The average molecular weight is 239 g/mol. The number of rotatable bonds is 3. The summed E-state index contributed by atoms with van der Waals surface area (Å²) in [5.74, 6) is -0.669. The van der Waals surface area contributed by atoms with Crippen LogP contribution in [0.2, 0.25) is 0 Å². The van der Waals surface area contributed by atoms with Gasteiger partial charge in [0.15, 0.2) is 0 Å². The zero-order valence-corrected chi connectivity index (χ0v) is 10.1. The summed E-state index contributed by atoms with van der Waals surface area (Å²) in [5.41, 5.74) is 1.23. The third-order valence-corrected chi connectivity index (χ3v) is 3.85. The smallest absolute Gasteiger partial charge is 0.320 e. The fourth-order valence-corrected chi connectivity index (χ4v) is 2.91. The van der Waals surface area contributed by atoms with Gasteiger partial charge in [0.1, 0.15) is 6.04 Å². The van der Waals surface area contributed by atoms with Gasteiger partial charge in [-0.1, -0.05) is 12.8 Å². The van der Waals surface area contributed by atoms with E-state index in [1.54, 1.807) is 11.3 Å². The van der Waals surface area contributed by atoms with Gasteiger partial charge in [0, 0.05) is 6.54 Å². The van der Waals surface area contributed by atoms with Gasteiger partial charge in [-0.05, 0) is 41.8 Å². The summed E-state index contributed by atoms with van der Waals surface area (Å²) in [7, 11) is 0. The minimum Gasteiger partial charge on any atom is -0.480 e. The number of carboxylic acids is 1. The molecule has 1 aromatic heterocycles. The van der Waals surface area contributed by atoms with E-state index in [9.17, 15) is 9.90 Å². The van der Waals surface area contributed by atoms with Crippen LogP contribution in [0.25, 0.3) is 0 Å². The van der Waals surface area contributed by atoms with Crippen LogP contribution in [-0.2, 0) is 11.3 Å². The number of hydrogen-bond donors (Lipinski definition) is 1. The summed E-state index contributed by atoms with van der Waals surface area (Å²) in [6.45, 7) is 1.69. The fourth-order valence-electron chi connectivity index (χ4n) is 2.25. The number of hydrogen-bond acceptors (Lipinski definition) is 3. The third kappa shape index (κ3) is 2.83. The van der Waals surface area contributed by atoms with Gasteiger partial charge in [-0.2, -0.15) is 11.3 Å². The van der Waals surface area contributed by atoms with E-state index < -0.39 is 5.97 Å². The first kappa shape index (κ1) is 11.6. The standard InChI is InChI=1S/C12H17NO2S/c14-12(15)11-4-2-1-3-6-13(11)8-10-5-7-16-9-10/h5,7,9,11H,1-4,6,8H2,(H,14,15). The second-order valence-corrected chi connectivity index (χ2v) is 5.09. The van der Waals surface area contributed by atoms with Crippen LogP contribution in [0.4, 0.5) is 0 Å². The zero-order chi connectivity index (χ0) is 11.4. The minimum absolute atomic E-state index is 0.289. The van der Waals surface area contributed by atoms with Crippen molar-refractivity contribution in [2.75, 3.05) is 6.54 Å². The molecule has 4 heteroatoms. The highest BCUT2D eigenvalue weighted by molar-refractivity contribution is 7.07. The Bertz CT molecular complexity index is 337. The molecular weight excluding hydrogens is 222 g/mol. The first-order valence-corrected chi connectivity index (χ1v) is 6.69. The quantitative estimate of drug-likeness (QED) is 0.881. The average Bonchev–Trinajstić information content (AvgIpc) is 2.63. The summed E-state index contributed by atoms with van der Waals surface area (Å²) in [6, 6.07) is 1.79. The molecule has 3 nitrogen and oxygen atoms in total. The second-order valence-electron chi connectivity index (χ2n) is 4.31. The summed E-state index contributed by atoms with van der Waals surface area (Å²) in [4.78, 5) is 13.3. The molecule has 1 atom stereocenters. The Hall–Kier alpha value is -0.870. The van der Waals surface area contributed by atoms with Gasteiger partial charge < -0.3 is 5.11 Å². The van der Waals surface area contributed by atoms with E-state index in [1.165, 1.54) is 5.56 Å². The van der Waals surface area contributed by atoms with Crippen LogP contribution < -0.4 is 0 Å². The van der Waals surface area contributed by atoms with Crippen molar-refractivity contribution < 1.29 is 9.90 Å². The van der Waals surface area contributed by atoms with Gasteiger partial charge in [-0.3, -0.25) is 9.69 Å². The van der Waals surface area contributed by atoms with Crippen LogP contribution in [0.5, 0.6) is 0 Å². The minimum atomic E-state index is -0.669.